The molecular weight excluding hydrogens is 274 g/mol. The number of hydrogen-bond acceptors (Lipinski definition) is 2. The molecule has 1 atom stereocenters. The van der Waals surface area contributed by atoms with Crippen LogP contribution in [0.3, 0.4) is 0 Å². The first-order valence-corrected chi connectivity index (χ1v) is 7.92. The Hall–Kier alpha value is -0.990. The van der Waals surface area contributed by atoms with Gasteiger partial charge in [-0.1, -0.05) is 24.6 Å². The van der Waals surface area contributed by atoms with E-state index in [1.165, 1.54) is 34.4 Å². The maximum Gasteiger partial charge on any atom is 0.0941 e. The van der Waals surface area contributed by atoms with Crippen LogP contribution in [0.1, 0.15) is 29.3 Å². The van der Waals surface area contributed by atoms with Crippen molar-refractivity contribution in [3.8, 4) is 11.1 Å². The molecule has 1 heterocycles. The summed E-state index contributed by atoms with van der Waals surface area (Å²) < 4.78 is 0. The van der Waals surface area contributed by atoms with Gasteiger partial charge in [0.25, 0.3) is 0 Å². The molecular formula is C16H18ClNS. The van der Waals surface area contributed by atoms with E-state index >= 15 is 0 Å². The van der Waals surface area contributed by atoms with Gasteiger partial charge in [-0.25, -0.2) is 0 Å². The normalized spacial score (nSPS) is 18.4. The molecule has 3 heteroatoms. The lowest BCUT2D eigenvalue weighted by molar-refractivity contribution is 0.508. The Morgan fingerprint density at radius 2 is 2.16 bits per heavy atom. The number of halogens is 1. The van der Waals surface area contributed by atoms with Gasteiger partial charge < -0.3 is 5.73 Å². The number of thiophene rings is 1. The Balaban J connectivity index is 2.12. The Bertz CT molecular complexity index is 630. The van der Waals surface area contributed by atoms with Crippen LogP contribution in [0, 0.1) is 12.8 Å². The average Bonchev–Trinajstić information content (AvgIpc) is 2.68. The van der Waals surface area contributed by atoms with E-state index in [2.05, 4.69) is 19.1 Å². The van der Waals surface area contributed by atoms with Crippen LogP contribution in [0.5, 0.6) is 0 Å². The van der Waals surface area contributed by atoms with Crippen molar-refractivity contribution in [3.05, 3.63) is 39.2 Å². The zero-order chi connectivity index (χ0) is 13.6. The second-order valence-electron chi connectivity index (χ2n) is 5.55. The quantitative estimate of drug-likeness (QED) is 0.778. The van der Waals surface area contributed by atoms with E-state index < -0.39 is 0 Å². The Labute approximate surface area is 123 Å². The molecule has 1 aliphatic carbocycles. The first-order chi connectivity index (χ1) is 9.06. The number of benzene rings is 1. The number of fused-ring (bicyclic) bond motifs is 1. The van der Waals surface area contributed by atoms with Gasteiger partial charge in [0.1, 0.15) is 0 Å². The van der Waals surface area contributed by atoms with E-state index in [9.17, 15) is 0 Å². The smallest absolute Gasteiger partial charge is 0.0941 e. The zero-order valence-corrected chi connectivity index (χ0v) is 12.9. The summed E-state index contributed by atoms with van der Waals surface area (Å²) in [7, 11) is 0. The molecule has 1 nitrogen and oxygen atoms in total. The van der Waals surface area contributed by atoms with Crippen molar-refractivity contribution in [1.29, 1.82) is 0 Å². The van der Waals surface area contributed by atoms with Crippen LogP contribution in [0.4, 0.5) is 5.00 Å². The third-order valence-electron chi connectivity index (χ3n) is 3.99. The first-order valence-electron chi connectivity index (χ1n) is 6.72. The summed E-state index contributed by atoms with van der Waals surface area (Å²) >= 11 is 7.89. The third-order valence-corrected chi connectivity index (χ3v) is 5.49. The van der Waals surface area contributed by atoms with Crippen molar-refractivity contribution in [1.82, 2.24) is 0 Å². The molecule has 19 heavy (non-hydrogen) atoms. The second kappa shape index (κ2) is 4.84. The molecule has 100 valence electrons. The minimum atomic E-state index is 0.783. The highest BCUT2D eigenvalue weighted by molar-refractivity contribution is 7.16. The summed E-state index contributed by atoms with van der Waals surface area (Å²) in [4.78, 5) is 1.49. The summed E-state index contributed by atoms with van der Waals surface area (Å²) in [6.45, 7) is 4.37. The van der Waals surface area contributed by atoms with Gasteiger partial charge in [-0.2, -0.15) is 0 Å². The van der Waals surface area contributed by atoms with Crippen LogP contribution in [0.25, 0.3) is 11.1 Å². The van der Waals surface area contributed by atoms with E-state index in [1.807, 2.05) is 13.0 Å². The summed E-state index contributed by atoms with van der Waals surface area (Å²) in [5, 5.41) is 1.78. The molecule has 2 N–H and O–H groups in total. The minimum Gasteiger partial charge on any atom is -0.390 e. The fourth-order valence-corrected chi connectivity index (χ4v) is 4.31. The van der Waals surface area contributed by atoms with Crippen LogP contribution >= 0.6 is 22.9 Å². The minimum absolute atomic E-state index is 0.783. The first kappa shape index (κ1) is 13.0. The molecule has 0 spiro atoms. The van der Waals surface area contributed by atoms with E-state index in [-0.39, 0.29) is 0 Å². The van der Waals surface area contributed by atoms with E-state index in [1.54, 1.807) is 11.3 Å². The molecule has 1 aliphatic rings. The Morgan fingerprint density at radius 1 is 1.37 bits per heavy atom. The summed E-state index contributed by atoms with van der Waals surface area (Å²) in [5.41, 5.74) is 11.3. The molecule has 3 rings (SSSR count). The predicted octanol–water partition coefficient (Wildman–Crippen LogP) is 5.08. The number of hydrogen-bond donors (Lipinski definition) is 1. The molecule has 0 saturated heterocycles. The van der Waals surface area contributed by atoms with Gasteiger partial charge in [-0.3, -0.25) is 0 Å². The number of rotatable bonds is 1. The van der Waals surface area contributed by atoms with Crippen molar-refractivity contribution in [3.63, 3.8) is 0 Å². The van der Waals surface area contributed by atoms with Crippen LogP contribution in [-0.2, 0) is 12.8 Å². The van der Waals surface area contributed by atoms with Gasteiger partial charge in [0, 0.05) is 15.5 Å². The van der Waals surface area contributed by atoms with E-state index in [4.69, 9.17) is 17.3 Å². The molecule has 0 fully saturated rings. The van der Waals surface area contributed by atoms with Gasteiger partial charge >= 0.3 is 0 Å². The summed E-state index contributed by atoms with van der Waals surface area (Å²) in [6, 6.07) is 6.21. The van der Waals surface area contributed by atoms with Crippen molar-refractivity contribution in [2.45, 2.75) is 33.1 Å². The number of aryl methyl sites for hydroxylation is 1. The molecule has 0 radical (unpaired) electrons. The Kier molecular flexibility index (Phi) is 3.32. The fraction of sp³-hybridized carbons (Fsp3) is 0.375. The van der Waals surface area contributed by atoms with Crippen LogP contribution in [-0.4, -0.2) is 0 Å². The summed E-state index contributed by atoms with van der Waals surface area (Å²) in [6.07, 6.45) is 3.60. The molecule has 2 aromatic rings. The topological polar surface area (TPSA) is 26.0 Å². The standard InChI is InChI=1S/C16H18ClNS/c1-9-3-5-12-14(7-9)19-16(18)15(12)11-4-6-13(17)10(2)8-11/h4,6,8-9H,3,5,7,18H2,1-2H3. The summed E-state index contributed by atoms with van der Waals surface area (Å²) in [5.74, 6) is 0.783. The maximum atomic E-state index is 6.27. The van der Waals surface area contributed by atoms with Crippen LogP contribution in [0.2, 0.25) is 5.02 Å². The number of anilines is 1. The zero-order valence-electron chi connectivity index (χ0n) is 11.3. The highest BCUT2D eigenvalue weighted by atomic mass is 35.5. The molecule has 1 aromatic heterocycles. The molecule has 1 aromatic carbocycles. The number of nitrogen functional groups attached to an aromatic ring is 1. The van der Waals surface area contributed by atoms with E-state index in [0.717, 1.165) is 27.9 Å². The second-order valence-corrected chi connectivity index (χ2v) is 7.10. The largest absolute Gasteiger partial charge is 0.390 e. The average molecular weight is 292 g/mol. The molecule has 0 aliphatic heterocycles. The van der Waals surface area contributed by atoms with Crippen molar-refractivity contribution >= 4 is 27.9 Å². The van der Waals surface area contributed by atoms with Gasteiger partial charge in [-0.15, -0.1) is 11.3 Å². The highest BCUT2D eigenvalue weighted by Crippen LogP contribution is 2.44. The maximum absolute atomic E-state index is 6.27. The third kappa shape index (κ3) is 2.28. The molecule has 0 amide bonds. The molecule has 0 bridgehead atoms. The van der Waals surface area contributed by atoms with Gasteiger partial charge in [0.05, 0.1) is 5.00 Å². The van der Waals surface area contributed by atoms with Gasteiger partial charge in [-0.05, 0) is 60.9 Å². The predicted molar refractivity (Wildman–Crippen MR) is 85.1 cm³/mol. The fourth-order valence-electron chi connectivity index (χ4n) is 2.89. The lowest BCUT2D eigenvalue weighted by atomic mass is 9.86. The van der Waals surface area contributed by atoms with Crippen LogP contribution in [0.15, 0.2) is 18.2 Å². The van der Waals surface area contributed by atoms with E-state index in [0.29, 0.717) is 0 Å². The van der Waals surface area contributed by atoms with Gasteiger partial charge in [0.2, 0.25) is 0 Å². The van der Waals surface area contributed by atoms with Crippen molar-refractivity contribution in [2.24, 2.45) is 5.92 Å². The Morgan fingerprint density at radius 3 is 2.89 bits per heavy atom. The highest BCUT2D eigenvalue weighted by Gasteiger charge is 2.23. The molecule has 1 unspecified atom stereocenters. The van der Waals surface area contributed by atoms with Crippen LogP contribution < -0.4 is 5.73 Å². The number of nitrogens with two attached hydrogens (primary N) is 1. The molecule has 0 saturated carbocycles. The van der Waals surface area contributed by atoms with Gasteiger partial charge in [0.15, 0.2) is 0 Å². The van der Waals surface area contributed by atoms with Crippen molar-refractivity contribution < 1.29 is 0 Å². The lowest BCUT2D eigenvalue weighted by Crippen LogP contribution is -2.09. The van der Waals surface area contributed by atoms with Crippen molar-refractivity contribution in [2.75, 3.05) is 5.73 Å². The lowest BCUT2D eigenvalue weighted by Gasteiger charge is -2.19. The SMILES string of the molecule is Cc1cc(-c2c(N)sc3c2CCC(C)C3)ccc1Cl. The monoisotopic (exact) mass is 291 g/mol.